The van der Waals surface area contributed by atoms with E-state index in [2.05, 4.69) is 6.92 Å². The summed E-state index contributed by atoms with van der Waals surface area (Å²) < 4.78 is 0. The third kappa shape index (κ3) is 4.35. The molecule has 0 aromatic heterocycles. The van der Waals surface area contributed by atoms with E-state index in [1.54, 1.807) is 0 Å². The maximum absolute atomic E-state index is 8.79. The van der Waals surface area contributed by atoms with Crippen LogP contribution in [0.4, 0.5) is 0 Å². The minimum Gasteiger partial charge on any atom is -0.395 e. The first kappa shape index (κ1) is 10.9. The van der Waals surface area contributed by atoms with Gasteiger partial charge in [-0.3, -0.25) is 4.90 Å². The molecule has 0 aliphatic heterocycles. The summed E-state index contributed by atoms with van der Waals surface area (Å²) in [5, 5.41) is 17.6. The molecule has 0 spiro atoms. The van der Waals surface area contributed by atoms with Crippen LogP contribution in [-0.2, 0) is 0 Å². The van der Waals surface area contributed by atoms with E-state index < -0.39 is 0 Å². The number of aliphatic hydroxyl groups excluding tert-OH is 2. The van der Waals surface area contributed by atoms with E-state index >= 15 is 0 Å². The highest BCUT2D eigenvalue weighted by atomic mass is 16.3. The number of hydrogen-bond acceptors (Lipinski definition) is 3. The molecule has 3 heteroatoms. The third-order valence-corrected chi connectivity index (χ3v) is 1.91. The van der Waals surface area contributed by atoms with Crippen molar-refractivity contribution in [1.29, 1.82) is 0 Å². The standard InChI is InChI=1S/C8H19NO2/c1-3-4-5-9(2)8(6-10)7-11/h8,10-11H,3-7H2,1-2H3. The second-order valence-electron chi connectivity index (χ2n) is 2.85. The fraction of sp³-hybridized carbons (Fsp3) is 1.00. The number of hydrogen-bond donors (Lipinski definition) is 2. The first-order valence-corrected chi connectivity index (χ1v) is 4.18. The normalized spacial score (nSPS) is 11.5. The van der Waals surface area contributed by atoms with E-state index in [9.17, 15) is 0 Å². The Bertz CT molecular complexity index is 84.2. The lowest BCUT2D eigenvalue weighted by Crippen LogP contribution is -2.38. The van der Waals surface area contributed by atoms with Crippen LogP contribution >= 0.6 is 0 Å². The second kappa shape index (κ2) is 6.58. The van der Waals surface area contributed by atoms with Crippen LogP contribution in [0.25, 0.3) is 0 Å². The lowest BCUT2D eigenvalue weighted by Gasteiger charge is -2.24. The van der Waals surface area contributed by atoms with Gasteiger partial charge in [0.25, 0.3) is 0 Å². The van der Waals surface area contributed by atoms with Gasteiger partial charge in [-0.05, 0) is 20.0 Å². The van der Waals surface area contributed by atoms with Crippen molar-refractivity contribution in [3.63, 3.8) is 0 Å². The topological polar surface area (TPSA) is 43.7 Å². The molecule has 3 nitrogen and oxygen atoms in total. The van der Waals surface area contributed by atoms with Crippen molar-refractivity contribution in [3.05, 3.63) is 0 Å². The highest BCUT2D eigenvalue weighted by Crippen LogP contribution is 1.97. The number of unbranched alkanes of at least 4 members (excludes halogenated alkanes) is 1. The summed E-state index contributed by atoms with van der Waals surface area (Å²) in [6.45, 7) is 3.15. The molecule has 0 atom stereocenters. The van der Waals surface area contributed by atoms with Crippen molar-refractivity contribution in [2.45, 2.75) is 25.8 Å². The Hall–Kier alpha value is -0.120. The minimum absolute atomic E-state index is 0.0384. The average molecular weight is 161 g/mol. The molecule has 68 valence electrons. The molecular formula is C8H19NO2. The van der Waals surface area contributed by atoms with E-state index in [4.69, 9.17) is 10.2 Å². The zero-order valence-corrected chi connectivity index (χ0v) is 7.45. The van der Waals surface area contributed by atoms with Gasteiger partial charge in [0, 0.05) is 0 Å². The molecule has 0 saturated heterocycles. The molecule has 0 bridgehead atoms. The molecule has 0 radical (unpaired) electrons. The third-order valence-electron chi connectivity index (χ3n) is 1.91. The number of nitrogens with zero attached hydrogens (tertiary/aromatic N) is 1. The van der Waals surface area contributed by atoms with E-state index in [1.807, 2.05) is 11.9 Å². The van der Waals surface area contributed by atoms with Gasteiger partial charge in [0.05, 0.1) is 19.3 Å². The maximum atomic E-state index is 8.79. The lowest BCUT2D eigenvalue weighted by molar-refractivity contribution is 0.0909. The Kier molecular flexibility index (Phi) is 6.51. The summed E-state index contributed by atoms with van der Waals surface area (Å²) in [6, 6.07) is -0.0819. The van der Waals surface area contributed by atoms with Crippen LogP contribution in [0.5, 0.6) is 0 Å². The molecule has 0 saturated carbocycles. The Morgan fingerprint density at radius 3 is 2.18 bits per heavy atom. The Morgan fingerprint density at radius 2 is 1.82 bits per heavy atom. The van der Waals surface area contributed by atoms with Gasteiger partial charge in [-0.25, -0.2) is 0 Å². The van der Waals surface area contributed by atoms with Gasteiger partial charge in [0.2, 0.25) is 0 Å². The van der Waals surface area contributed by atoms with Gasteiger partial charge in [-0.15, -0.1) is 0 Å². The zero-order valence-electron chi connectivity index (χ0n) is 7.45. The van der Waals surface area contributed by atoms with Crippen LogP contribution in [0.1, 0.15) is 19.8 Å². The molecule has 11 heavy (non-hydrogen) atoms. The molecule has 0 rings (SSSR count). The molecule has 0 aliphatic carbocycles. The number of likely N-dealkylation sites (N-methyl/N-ethyl adjacent to an activating group) is 1. The molecule has 0 aliphatic rings. The van der Waals surface area contributed by atoms with E-state index in [0.29, 0.717) is 0 Å². The predicted octanol–water partition coefficient (Wildman–Crippen LogP) is 0.0715. The molecule has 0 aromatic rings. The summed E-state index contributed by atoms with van der Waals surface area (Å²) >= 11 is 0. The quantitative estimate of drug-likeness (QED) is 0.579. The highest BCUT2D eigenvalue weighted by Gasteiger charge is 2.10. The smallest absolute Gasteiger partial charge is 0.0609 e. The van der Waals surface area contributed by atoms with E-state index in [-0.39, 0.29) is 19.3 Å². The Labute approximate surface area is 68.6 Å². The van der Waals surface area contributed by atoms with Gasteiger partial charge in [0.15, 0.2) is 0 Å². The van der Waals surface area contributed by atoms with Gasteiger partial charge in [0.1, 0.15) is 0 Å². The van der Waals surface area contributed by atoms with Crippen LogP contribution in [0, 0.1) is 0 Å². The van der Waals surface area contributed by atoms with Crippen molar-refractivity contribution >= 4 is 0 Å². The van der Waals surface area contributed by atoms with Crippen molar-refractivity contribution in [2.24, 2.45) is 0 Å². The monoisotopic (exact) mass is 161 g/mol. The van der Waals surface area contributed by atoms with E-state index in [1.165, 1.54) is 0 Å². The summed E-state index contributed by atoms with van der Waals surface area (Å²) in [5.74, 6) is 0. The maximum Gasteiger partial charge on any atom is 0.0609 e. The summed E-state index contributed by atoms with van der Waals surface area (Å²) in [6.07, 6.45) is 2.26. The van der Waals surface area contributed by atoms with Crippen LogP contribution in [-0.4, -0.2) is 48.0 Å². The second-order valence-corrected chi connectivity index (χ2v) is 2.85. The summed E-state index contributed by atoms with van der Waals surface area (Å²) in [7, 11) is 1.92. The van der Waals surface area contributed by atoms with Gasteiger partial charge in [-0.2, -0.15) is 0 Å². The largest absolute Gasteiger partial charge is 0.395 e. The first-order chi connectivity index (χ1) is 5.26. The van der Waals surface area contributed by atoms with Crippen molar-refractivity contribution in [1.82, 2.24) is 4.90 Å². The highest BCUT2D eigenvalue weighted by molar-refractivity contribution is 4.65. The number of rotatable bonds is 6. The molecule has 0 heterocycles. The summed E-state index contributed by atoms with van der Waals surface area (Å²) in [5.41, 5.74) is 0. The summed E-state index contributed by atoms with van der Waals surface area (Å²) in [4.78, 5) is 1.99. The van der Waals surface area contributed by atoms with Crippen molar-refractivity contribution < 1.29 is 10.2 Å². The predicted molar refractivity (Wildman–Crippen MR) is 45.5 cm³/mol. The molecule has 0 aromatic carbocycles. The van der Waals surface area contributed by atoms with Crippen LogP contribution in [0.2, 0.25) is 0 Å². The van der Waals surface area contributed by atoms with Gasteiger partial charge < -0.3 is 10.2 Å². The minimum atomic E-state index is -0.0819. The fourth-order valence-electron chi connectivity index (χ4n) is 0.927. The molecular weight excluding hydrogens is 142 g/mol. The number of aliphatic hydroxyl groups is 2. The fourth-order valence-corrected chi connectivity index (χ4v) is 0.927. The van der Waals surface area contributed by atoms with Crippen LogP contribution in [0.3, 0.4) is 0 Å². The Balaban J connectivity index is 3.51. The molecule has 0 amide bonds. The van der Waals surface area contributed by atoms with Crippen molar-refractivity contribution in [3.8, 4) is 0 Å². The van der Waals surface area contributed by atoms with Gasteiger partial charge in [-0.1, -0.05) is 13.3 Å². The zero-order chi connectivity index (χ0) is 8.69. The SMILES string of the molecule is CCCCN(C)C(CO)CO. The first-order valence-electron chi connectivity index (χ1n) is 4.18. The van der Waals surface area contributed by atoms with Crippen LogP contribution < -0.4 is 0 Å². The van der Waals surface area contributed by atoms with Crippen LogP contribution in [0.15, 0.2) is 0 Å². The lowest BCUT2D eigenvalue weighted by atomic mass is 10.2. The van der Waals surface area contributed by atoms with Gasteiger partial charge >= 0.3 is 0 Å². The molecule has 0 fully saturated rings. The van der Waals surface area contributed by atoms with E-state index in [0.717, 1.165) is 19.4 Å². The van der Waals surface area contributed by atoms with Crippen molar-refractivity contribution in [2.75, 3.05) is 26.8 Å². The molecule has 2 N–H and O–H groups in total. The average Bonchev–Trinajstić information content (AvgIpc) is 2.03. The Morgan fingerprint density at radius 1 is 1.27 bits per heavy atom. The molecule has 0 unspecified atom stereocenters.